The van der Waals surface area contributed by atoms with E-state index < -0.39 is 8.32 Å². The van der Waals surface area contributed by atoms with Crippen molar-refractivity contribution in [2.45, 2.75) is 38.9 Å². The summed E-state index contributed by atoms with van der Waals surface area (Å²) in [4.78, 5) is 0. The highest BCUT2D eigenvalue weighted by Crippen LogP contribution is 2.37. The van der Waals surface area contributed by atoms with Crippen molar-refractivity contribution in [2.24, 2.45) is 0 Å². The molecule has 0 aromatic heterocycles. The van der Waals surface area contributed by atoms with Crippen LogP contribution in [0.1, 0.15) is 20.8 Å². The van der Waals surface area contributed by atoms with Gasteiger partial charge in [0.1, 0.15) is 11.6 Å². The standard InChI is InChI=1S/C12H18BrFOSi/c1-12(2,3)16(4,5)15-9-6-7-10(13)11(14)8-9/h6-8H,1-5H3. The number of hydrogen-bond acceptors (Lipinski definition) is 1. The Morgan fingerprint density at radius 3 is 2.25 bits per heavy atom. The topological polar surface area (TPSA) is 9.23 Å². The van der Waals surface area contributed by atoms with Crippen LogP contribution in [0, 0.1) is 5.82 Å². The Bertz CT molecular complexity index is 385. The van der Waals surface area contributed by atoms with Crippen molar-refractivity contribution < 1.29 is 8.82 Å². The van der Waals surface area contributed by atoms with E-state index in [0.717, 1.165) is 0 Å². The summed E-state index contributed by atoms with van der Waals surface area (Å²) >= 11 is 3.13. The fourth-order valence-corrected chi connectivity index (χ4v) is 2.26. The summed E-state index contributed by atoms with van der Waals surface area (Å²) in [5.74, 6) is 0.337. The maximum absolute atomic E-state index is 13.3. The van der Waals surface area contributed by atoms with Crippen LogP contribution in [0.2, 0.25) is 18.1 Å². The van der Waals surface area contributed by atoms with Gasteiger partial charge in [0.15, 0.2) is 0 Å². The van der Waals surface area contributed by atoms with Crippen LogP contribution in [0.3, 0.4) is 0 Å². The van der Waals surface area contributed by atoms with Crippen LogP contribution in [0.15, 0.2) is 22.7 Å². The van der Waals surface area contributed by atoms with Gasteiger partial charge in [0, 0.05) is 6.07 Å². The third-order valence-corrected chi connectivity index (χ3v) is 8.07. The molecule has 0 atom stereocenters. The molecule has 0 amide bonds. The summed E-state index contributed by atoms with van der Waals surface area (Å²) in [5.41, 5.74) is 0. The Morgan fingerprint density at radius 1 is 1.25 bits per heavy atom. The molecular formula is C12H18BrFOSi. The first-order valence-electron chi connectivity index (χ1n) is 5.27. The molecule has 0 heterocycles. The lowest BCUT2D eigenvalue weighted by Crippen LogP contribution is -2.43. The van der Waals surface area contributed by atoms with Crippen molar-refractivity contribution in [1.29, 1.82) is 0 Å². The molecule has 90 valence electrons. The van der Waals surface area contributed by atoms with Crippen molar-refractivity contribution in [1.82, 2.24) is 0 Å². The lowest BCUT2D eigenvalue weighted by molar-refractivity contribution is 0.486. The van der Waals surface area contributed by atoms with Crippen LogP contribution >= 0.6 is 15.9 Å². The van der Waals surface area contributed by atoms with E-state index >= 15 is 0 Å². The van der Waals surface area contributed by atoms with Gasteiger partial charge < -0.3 is 4.43 Å². The molecule has 0 bridgehead atoms. The van der Waals surface area contributed by atoms with E-state index in [2.05, 4.69) is 49.8 Å². The Morgan fingerprint density at radius 2 is 1.81 bits per heavy atom. The summed E-state index contributed by atoms with van der Waals surface area (Å²) in [5, 5.41) is 0.122. The maximum Gasteiger partial charge on any atom is 0.250 e. The molecule has 0 fully saturated rings. The predicted octanol–water partition coefficient (Wildman–Crippen LogP) is 4.97. The first kappa shape index (κ1) is 13.7. The zero-order valence-electron chi connectivity index (χ0n) is 10.4. The van der Waals surface area contributed by atoms with Crippen molar-refractivity contribution in [3.63, 3.8) is 0 Å². The minimum Gasteiger partial charge on any atom is -0.543 e. The lowest BCUT2D eigenvalue weighted by atomic mass is 10.2. The van der Waals surface area contributed by atoms with Gasteiger partial charge in [-0.1, -0.05) is 20.8 Å². The van der Waals surface area contributed by atoms with Gasteiger partial charge in [0.25, 0.3) is 0 Å². The fourth-order valence-electron chi connectivity index (χ4n) is 0.988. The van der Waals surface area contributed by atoms with E-state index in [1.165, 1.54) is 6.07 Å². The Labute approximate surface area is 106 Å². The van der Waals surface area contributed by atoms with Crippen molar-refractivity contribution in [3.05, 3.63) is 28.5 Å². The first-order chi connectivity index (χ1) is 7.13. The van der Waals surface area contributed by atoms with Gasteiger partial charge in [-0.25, -0.2) is 4.39 Å². The second kappa shape index (κ2) is 4.49. The molecule has 16 heavy (non-hydrogen) atoms. The van der Waals surface area contributed by atoms with Gasteiger partial charge in [-0.3, -0.25) is 0 Å². The Kier molecular flexibility index (Phi) is 3.85. The zero-order valence-corrected chi connectivity index (χ0v) is 13.0. The summed E-state index contributed by atoms with van der Waals surface area (Å²) in [6.07, 6.45) is 0. The largest absolute Gasteiger partial charge is 0.543 e. The summed E-state index contributed by atoms with van der Waals surface area (Å²) in [7, 11) is -1.87. The SMILES string of the molecule is CC(C)(C)[Si](C)(C)Oc1ccc(Br)c(F)c1. The minimum absolute atomic E-state index is 0.122. The summed E-state index contributed by atoms with van der Waals surface area (Å²) < 4.78 is 19.8. The van der Waals surface area contributed by atoms with Gasteiger partial charge in [0.05, 0.1) is 4.47 Å². The quantitative estimate of drug-likeness (QED) is 0.701. The highest BCUT2D eigenvalue weighted by atomic mass is 79.9. The van der Waals surface area contributed by atoms with Crippen molar-refractivity contribution in [2.75, 3.05) is 0 Å². The Balaban J connectivity index is 2.93. The molecule has 0 aliphatic carbocycles. The number of hydrogen-bond donors (Lipinski definition) is 0. The predicted molar refractivity (Wildman–Crippen MR) is 71.9 cm³/mol. The van der Waals surface area contributed by atoms with Gasteiger partial charge in [-0.05, 0) is 46.2 Å². The molecule has 0 saturated heterocycles. The van der Waals surface area contributed by atoms with Crippen molar-refractivity contribution in [3.8, 4) is 5.75 Å². The number of rotatable bonds is 2. The second-order valence-corrected chi connectivity index (χ2v) is 11.0. The van der Waals surface area contributed by atoms with Gasteiger partial charge in [-0.15, -0.1) is 0 Å². The highest BCUT2D eigenvalue weighted by molar-refractivity contribution is 9.10. The molecule has 0 aliphatic heterocycles. The van der Waals surface area contributed by atoms with Crippen LogP contribution in [-0.2, 0) is 0 Å². The van der Waals surface area contributed by atoms with Crippen LogP contribution < -0.4 is 4.43 Å². The van der Waals surface area contributed by atoms with Crippen molar-refractivity contribution >= 4 is 24.2 Å². The zero-order chi connectivity index (χ0) is 12.6. The molecule has 0 aliphatic rings. The van der Waals surface area contributed by atoms with Crippen LogP contribution in [-0.4, -0.2) is 8.32 Å². The van der Waals surface area contributed by atoms with Gasteiger partial charge >= 0.3 is 0 Å². The molecule has 1 rings (SSSR count). The van der Waals surface area contributed by atoms with E-state index in [-0.39, 0.29) is 10.9 Å². The molecule has 4 heteroatoms. The van der Waals surface area contributed by atoms with E-state index in [1.807, 2.05) is 0 Å². The molecule has 1 aromatic carbocycles. The molecule has 0 spiro atoms. The Hall–Kier alpha value is -0.353. The third-order valence-electron chi connectivity index (χ3n) is 3.07. The monoisotopic (exact) mass is 304 g/mol. The molecule has 1 nitrogen and oxygen atoms in total. The van der Waals surface area contributed by atoms with Crippen LogP contribution in [0.25, 0.3) is 0 Å². The average Bonchev–Trinajstić information content (AvgIpc) is 2.09. The van der Waals surface area contributed by atoms with Crippen LogP contribution in [0.4, 0.5) is 4.39 Å². The summed E-state index contributed by atoms with van der Waals surface area (Å²) in [6, 6.07) is 4.91. The smallest absolute Gasteiger partial charge is 0.250 e. The molecule has 0 saturated carbocycles. The van der Waals surface area contributed by atoms with Gasteiger partial charge in [0.2, 0.25) is 8.32 Å². The molecule has 0 unspecified atom stereocenters. The average molecular weight is 305 g/mol. The van der Waals surface area contributed by atoms with Gasteiger partial charge in [-0.2, -0.15) is 0 Å². The van der Waals surface area contributed by atoms with E-state index in [4.69, 9.17) is 4.43 Å². The summed E-state index contributed by atoms with van der Waals surface area (Å²) in [6.45, 7) is 10.8. The fraction of sp³-hybridized carbons (Fsp3) is 0.500. The van der Waals surface area contributed by atoms with Crippen LogP contribution in [0.5, 0.6) is 5.75 Å². The van der Waals surface area contributed by atoms with E-state index in [9.17, 15) is 4.39 Å². The van der Waals surface area contributed by atoms with E-state index in [0.29, 0.717) is 10.2 Å². The molecule has 0 radical (unpaired) electrons. The third kappa shape index (κ3) is 3.07. The second-order valence-electron chi connectivity index (χ2n) is 5.44. The highest BCUT2D eigenvalue weighted by Gasteiger charge is 2.38. The normalized spacial score (nSPS) is 12.7. The van der Waals surface area contributed by atoms with E-state index in [1.54, 1.807) is 12.1 Å². The lowest BCUT2D eigenvalue weighted by Gasteiger charge is -2.36. The number of benzene rings is 1. The first-order valence-corrected chi connectivity index (χ1v) is 8.98. The molecule has 1 aromatic rings. The molecular weight excluding hydrogens is 287 g/mol. The minimum atomic E-state index is -1.87. The molecule has 0 N–H and O–H groups in total. The maximum atomic E-state index is 13.3. The number of halogens is 2.